The highest BCUT2D eigenvalue weighted by Crippen LogP contribution is 2.28. The van der Waals surface area contributed by atoms with Gasteiger partial charge in [-0.2, -0.15) is 0 Å². The van der Waals surface area contributed by atoms with E-state index in [0.717, 1.165) is 0 Å². The van der Waals surface area contributed by atoms with E-state index in [1.165, 1.54) is 0 Å². The second kappa shape index (κ2) is 11.5. The van der Waals surface area contributed by atoms with Gasteiger partial charge in [0.1, 0.15) is 38.6 Å². The molecule has 0 radical (unpaired) electrons. The number of methoxy groups -OCH3 is 2. The molecule has 0 saturated carbocycles. The molecule has 0 aromatic heterocycles. The molecule has 3 rings (SSSR count). The Hall–Kier alpha value is -2.48. The van der Waals surface area contributed by atoms with Gasteiger partial charge in [-0.05, 0) is 24.3 Å². The monoisotopic (exact) mass is 404 g/mol. The highest BCUT2D eigenvalue weighted by Gasteiger charge is 2.24. The summed E-state index contributed by atoms with van der Waals surface area (Å²) in [5.41, 5.74) is 0. The molecule has 0 N–H and O–H groups in total. The highest BCUT2D eigenvalue weighted by molar-refractivity contribution is 5.40. The third-order valence-electron chi connectivity index (χ3n) is 4.50. The molecule has 0 spiro atoms. The van der Waals surface area contributed by atoms with Crippen LogP contribution in [0.4, 0.5) is 0 Å². The molecule has 0 fully saturated rings. The van der Waals surface area contributed by atoms with Gasteiger partial charge in [-0.25, -0.2) is 0 Å². The van der Waals surface area contributed by atoms with E-state index in [0.29, 0.717) is 49.4 Å². The number of benzene rings is 2. The first-order chi connectivity index (χ1) is 14.3. The summed E-state index contributed by atoms with van der Waals surface area (Å²) in [6.07, 6.45) is -0.666. The first-order valence-corrected chi connectivity index (χ1v) is 9.64. The Kier molecular flexibility index (Phi) is 8.42. The van der Waals surface area contributed by atoms with Crippen molar-refractivity contribution >= 4 is 0 Å². The Morgan fingerprint density at radius 2 is 0.966 bits per heavy atom. The summed E-state index contributed by atoms with van der Waals surface area (Å²) in [5.74, 6) is 2.60. The summed E-state index contributed by atoms with van der Waals surface area (Å²) in [4.78, 5) is 0. The van der Waals surface area contributed by atoms with Gasteiger partial charge in [0.15, 0.2) is 23.0 Å². The van der Waals surface area contributed by atoms with Crippen molar-refractivity contribution in [2.75, 3.05) is 53.9 Å². The molecule has 2 unspecified atom stereocenters. The van der Waals surface area contributed by atoms with Crippen LogP contribution < -0.4 is 18.9 Å². The number of ether oxygens (including phenoxy) is 7. The van der Waals surface area contributed by atoms with Crippen molar-refractivity contribution in [3.8, 4) is 23.0 Å². The number of fused-ring (bicyclic) bond motifs is 2. The van der Waals surface area contributed by atoms with E-state index in [1.807, 2.05) is 48.5 Å². The Labute approximate surface area is 171 Å². The minimum Gasteiger partial charge on any atom is -0.487 e. The van der Waals surface area contributed by atoms with Crippen molar-refractivity contribution < 1.29 is 33.2 Å². The second-order valence-corrected chi connectivity index (χ2v) is 6.37. The van der Waals surface area contributed by atoms with Crippen LogP contribution in [-0.4, -0.2) is 66.1 Å². The summed E-state index contributed by atoms with van der Waals surface area (Å²) in [6.45, 7) is 2.29. The largest absolute Gasteiger partial charge is 0.487 e. The van der Waals surface area contributed by atoms with Crippen LogP contribution >= 0.6 is 0 Å². The zero-order valence-electron chi connectivity index (χ0n) is 16.9. The molecule has 7 nitrogen and oxygen atoms in total. The average Bonchev–Trinajstić information content (AvgIpc) is 2.76. The van der Waals surface area contributed by atoms with E-state index in [-0.39, 0.29) is 25.4 Å². The molecule has 29 heavy (non-hydrogen) atoms. The Balaban J connectivity index is 1.75. The zero-order valence-corrected chi connectivity index (χ0v) is 16.9. The second-order valence-electron chi connectivity index (χ2n) is 6.37. The average molecular weight is 404 g/mol. The third-order valence-corrected chi connectivity index (χ3v) is 4.50. The first-order valence-electron chi connectivity index (χ1n) is 9.64. The van der Waals surface area contributed by atoms with Gasteiger partial charge in [-0.3, -0.25) is 0 Å². The van der Waals surface area contributed by atoms with Crippen molar-refractivity contribution in [2.45, 2.75) is 12.2 Å². The zero-order chi connectivity index (χ0) is 20.3. The first kappa shape index (κ1) is 21.2. The van der Waals surface area contributed by atoms with Crippen LogP contribution in [0.15, 0.2) is 48.5 Å². The molecule has 0 amide bonds. The highest BCUT2D eigenvalue weighted by atomic mass is 16.6. The van der Waals surface area contributed by atoms with Gasteiger partial charge in [0, 0.05) is 14.2 Å². The molecule has 7 heteroatoms. The summed E-state index contributed by atoms with van der Waals surface area (Å²) < 4.78 is 40.3. The van der Waals surface area contributed by atoms with E-state index in [1.54, 1.807) is 14.2 Å². The van der Waals surface area contributed by atoms with Gasteiger partial charge in [-0.15, -0.1) is 0 Å². The maximum absolute atomic E-state index is 5.97. The molecular weight excluding hydrogens is 376 g/mol. The van der Waals surface area contributed by atoms with Crippen LogP contribution in [0, 0.1) is 0 Å². The smallest absolute Gasteiger partial charge is 0.161 e. The van der Waals surface area contributed by atoms with E-state index < -0.39 is 0 Å². The molecule has 0 bridgehead atoms. The van der Waals surface area contributed by atoms with Crippen LogP contribution in [0.5, 0.6) is 23.0 Å². The molecule has 1 aliphatic rings. The quantitative estimate of drug-likeness (QED) is 0.762. The fourth-order valence-corrected chi connectivity index (χ4v) is 2.90. The van der Waals surface area contributed by atoms with Gasteiger partial charge in [0.05, 0.1) is 13.2 Å². The van der Waals surface area contributed by atoms with Gasteiger partial charge in [0.25, 0.3) is 0 Å². The molecule has 0 saturated heterocycles. The minimum absolute atomic E-state index is 0.285. The van der Waals surface area contributed by atoms with Crippen molar-refractivity contribution in [2.24, 2.45) is 0 Å². The predicted octanol–water partition coefficient (Wildman–Crippen LogP) is 2.96. The van der Waals surface area contributed by atoms with Crippen LogP contribution in [0.25, 0.3) is 0 Å². The molecule has 2 aromatic rings. The van der Waals surface area contributed by atoms with Crippen LogP contribution in [-0.2, 0) is 14.2 Å². The molecule has 2 atom stereocenters. The lowest BCUT2D eigenvalue weighted by molar-refractivity contribution is -0.0715. The van der Waals surface area contributed by atoms with Crippen LogP contribution in [0.2, 0.25) is 0 Å². The van der Waals surface area contributed by atoms with Crippen molar-refractivity contribution in [1.29, 1.82) is 0 Å². The number of para-hydroxylation sites is 4. The van der Waals surface area contributed by atoms with Crippen molar-refractivity contribution in [3.05, 3.63) is 48.5 Å². The number of hydrogen-bond donors (Lipinski definition) is 0. The van der Waals surface area contributed by atoms with E-state index in [4.69, 9.17) is 33.2 Å². The normalized spacial score (nSPS) is 21.2. The molecular formula is C22H28O7. The van der Waals surface area contributed by atoms with Crippen LogP contribution in [0.3, 0.4) is 0 Å². The standard InChI is InChI=1S/C22H28O7/c1-23-21-15-28-19-9-5-3-7-17(19)26-13-11-25-12-14-27-18-8-4-6-10-20(18)29-16-22(21)24-2/h3-10,21-22H,11-16H2,1-2H3. The van der Waals surface area contributed by atoms with Crippen LogP contribution in [0.1, 0.15) is 0 Å². The molecule has 1 aliphatic heterocycles. The summed E-state index contributed by atoms with van der Waals surface area (Å²) >= 11 is 0. The third kappa shape index (κ3) is 6.25. The Bertz CT molecular complexity index is 675. The maximum atomic E-state index is 5.97. The van der Waals surface area contributed by atoms with Gasteiger partial charge in [-0.1, -0.05) is 24.3 Å². The van der Waals surface area contributed by atoms with Crippen molar-refractivity contribution in [3.63, 3.8) is 0 Å². The van der Waals surface area contributed by atoms with E-state index in [2.05, 4.69) is 0 Å². The number of rotatable bonds is 2. The van der Waals surface area contributed by atoms with E-state index >= 15 is 0 Å². The lowest BCUT2D eigenvalue weighted by atomic mass is 10.2. The lowest BCUT2D eigenvalue weighted by Crippen LogP contribution is -2.39. The predicted molar refractivity (Wildman–Crippen MR) is 107 cm³/mol. The van der Waals surface area contributed by atoms with Crippen molar-refractivity contribution in [1.82, 2.24) is 0 Å². The Morgan fingerprint density at radius 3 is 1.34 bits per heavy atom. The summed E-state index contributed by atoms with van der Waals surface area (Å²) in [5, 5.41) is 0. The summed E-state index contributed by atoms with van der Waals surface area (Å²) in [7, 11) is 3.25. The topological polar surface area (TPSA) is 64.6 Å². The number of hydrogen-bond acceptors (Lipinski definition) is 7. The molecule has 0 aliphatic carbocycles. The van der Waals surface area contributed by atoms with Gasteiger partial charge < -0.3 is 33.2 Å². The van der Waals surface area contributed by atoms with Gasteiger partial charge >= 0.3 is 0 Å². The molecule has 2 aromatic carbocycles. The lowest BCUT2D eigenvalue weighted by Gasteiger charge is -2.25. The van der Waals surface area contributed by atoms with Gasteiger partial charge in [0.2, 0.25) is 0 Å². The summed E-state index contributed by atoms with van der Waals surface area (Å²) in [6, 6.07) is 15.0. The fraction of sp³-hybridized carbons (Fsp3) is 0.455. The SMILES string of the molecule is COC1COc2ccccc2OCCOCCOc2ccccc2OCC1OC. The maximum Gasteiger partial charge on any atom is 0.161 e. The minimum atomic E-state index is -0.333. The fourth-order valence-electron chi connectivity index (χ4n) is 2.90. The molecule has 1 heterocycles. The Morgan fingerprint density at radius 1 is 0.586 bits per heavy atom. The molecule has 158 valence electrons. The van der Waals surface area contributed by atoms with E-state index in [9.17, 15) is 0 Å².